The second kappa shape index (κ2) is 8.57. The Morgan fingerprint density at radius 3 is 2.22 bits per heavy atom. The lowest BCUT2D eigenvalue weighted by Gasteiger charge is -2.31. The summed E-state index contributed by atoms with van der Waals surface area (Å²) in [4.78, 5) is 32.0. The number of aromatic amines is 1. The predicted molar refractivity (Wildman–Crippen MR) is 119 cm³/mol. The number of nitrogens with one attached hydrogen (secondary N) is 1. The lowest BCUT2D eigenvalue weighted by Crippen LogP contribution is -2.38. The quantitative estimate of drug-likeness (QED) is 0.655. The van der Waals surface area contributed by atoms with E-state index in [9.17, 15) is 9.59 Å². The number of carbonyl (C=O) groups excluding carboxylic acids is 1. The van der Waals surface area contributed by atoms with Crippen molar-refractivity contribution in [3.8, 4) is 17.2 Å². The Labute approximate surface area is 185 Å². The molecule has 1 amide bonds. The molecule has 1 fully saturated rings. The molecular formula is C23H28N4O5. The maximum Gasteiger partial charge on any atom is 0.275 e. The fraction of sp³-hybridized carbons (Fsp3) is 0.435. The Hall–Kier alpha value is -3.49. The fourth-order valence-corrected chi connectivity index (χ4v) is 4.23. The first-order valence-corrected chi connectivity index (χ1v) is 10.6. The van der Waals surface area contributed by atoms with Crippen LogP contribution in [-0.4, -0.2) is 59.8 Å². The van der Waals surface area contributed by atoms with Crippen molar-refractivity contribution in [2.45, 2.75) is 32.6 Å². The number of H-pyrrole nitrogens is 1. The standard InChI is InChI=1S/C23H28N4O5/c1-13-14(2)24-20-12-17(25-27(20)22(13)28)15-6-8-26(9-7-15)23(29)16-10-18(30-3)21(32-5)19(11-16)31-4/h10-12,15,25H,6-9H2,1-5H3. The summed E-state index contributed by atoms with van der Waals surface area (Å²) in [5, 5.41) is 3.21. The molecule has 1 aromatic carbocycles. The molecule has 0 atom stereocenters. The van der Waals surface area contributed by atoms with Crippen LogP contribution in [0, 0.1) is 13.8 Å². The number of likely N-dealkylation sites (tertiary alicyclic amines) is 1. The van der Waals surface area contributed by atoms with Gasteiger partial charge >= 0.3 is 0 Å². The predicted octanol–water partition coefficient (Wildman–Crippen LogP) is 2.69. The van der Waals surface area contributed by atoms with Crippen LogP contribution in [0.5, 0.6) is 17.2 Å². The van der Waals surface area contributed by atoms with Gasteiger partial charge in [-0.25, -0.2) is 9.50 Å². The van der Waals surface area contributed by atoms with Crippen LogP contribution in [0.4, 0.5) is 0 Å². The topological polar surface area (TPSA) is 98.2 Å². The normalized spacial score (nSPS) is 14.6. The van der Waals surface area contributed by atoms with Crippen molar-refractivity contribution in [1.82, 2.24) is 19.5 Å². The summed E-state index contributed by atoms with van der Waals surface area (Å²) in [5.41, 5.74) is 3.40. The highest BCUT2D eigenvalue weighted by Gasteiger charge is 2.27. The van der Waals surface area contributed by atoms with E-state index in [0.29, 0.717) is 47.1 Å². The van der Waals surface area contributed by atoms with Crippen LogP contribution >= 0.6 is 0 Å². The zero-order valence-corrected chi connectivity index (χ0v) is 19.0. The largest absolute Gasteiger partial charge is 0.493 e. The number of aryl methyl sites for hydroxylation is 1. The van der Waals surface area contributed by atoms with Gasteiger partial charge in [0, 0.05) is 47.6 Å². The zero-order valence-electron chi connectivity index (χ0n) is 19.0. The van der Waals surface area contributed by atoms with Crippen molar-refractivity contribution in [3.05, 3.63) is 51.1 Å². The first-order chi connectivity index (χ1) is 15.4. The molecule has 1 N–H and O–H groups in total. The van der Waals surface area contributed by atoms with E-state index < -0.39 is 0 Å². The maximum absolute atomic E-state index is 13.2. The summed E-state index contributed by atoms with van der Waals surface area (Å²) in [6.45, 7) is 4.84. The van der Waals surface area contributed by atoms with Gasteiger partial charge in [-0.05, 0) is 38.8 Å². The van der Waals surface area contributed by atoms with E-state index in [1.165, 1.54) is 25.8 Å². The van der Waals surface area contributed by atoms with Gasteiger partial charge in [0.15, 0.2) is 17.1 Å². The molecule has 1 aliphatic rings. The molecule has 9 heteroatoms. The van der Waals surface area contributed by atoms with E-state index in [2.05, 4.69) is 10.1 Å². The number of benzene rings is 1. The third-order valence-electron chi connectivity index (χ3n) is 6.24. The molecule has 32 heavy (non-hydrogen) atoms. The molecule has 2 aromatic heterocycles. The summed E-state index contributed by atoms with van der Waals surface area (Å²) >= 11 is 0. The smallest absolute Gasteiger partial charge is 0.275 e. The summed E-state index contributed by atoms with van der Waals surface area (Å²) in [6, 6.07) is 5.29. The fourth-order valence-electron chi connectivity index (χ4n) is 4.23. The van der Waals surface area contributed by atoms with E-state index in [0.717, 1.165) is 24.2 Å². The van der Waals surface area contributed by atoms with Crippen molar-refractivity contribution < 1.29 is 19.0 Å². The molecule has 0 unspecified atom stereocenters. The molecule has 0 bridgehead atoms. The number of aromatic nitrogens is 3. The number of nitrogens with zero attached hydrogens (tertiary/aromatic N) is 3. The van der Waals surface area contributed by atoms with Gasteiger partial charge in [-0.2, -0.15) is 0 Å². The van der Waals surface area contributed by atoms with E-state index in [1.54, 1.807) is 19.1 Å². The van der Waals surface area contributed by atoms with Crippen LogP contribution in [0.2, 0.25) is 0 Å². The molecular weight excluding hydrogens is 412 g/mol. The average molecular weight is 441 g/mol. The van der Waals surface area contributed by atoms with Gasteiger partial charge in [-0.3, -0.25) is 14.7 Å². The van der Waals surface area contributed by atoms with Gasteiger partial charge < -0.3 is 19.1 Å². The Bertz CT molecular complexity index is 1200. The van der Waals surface area contributed by atoms with E-state index in [-0.39, 0.29) is 17.4 Å². The van der Waals surface area contributed by atoms with E-state index in [4.69, 9.17) is 14.2 Å². The van der Waals surface area contributed by atoms with Crippen molar-refractivity contribution >= 4 is 11.6 Å². The second-order valence-electron chi connectivity index (χ2n) is 8.01. The number of hydrogen-bond donors (Lipinski definition) is 1. The van der Waals surface area contributed by atoms with Gasteiger partial charge in [0.05, 0.1) is 21.3 Å². The number of carbonyl (C=O) groups is 1. The Balaban J connectivity index is 1.52. The highest BCUT2D eigenvalue weighted by molar-refractivity contribution is 5.95. The first kappa shape index (κ1) is 21.7. The minimum Gasteiger partial charge on any atom is -0.493 e. The molecule has 0 radical (unpaired) electrons. The Kier molecular flexibility index (Phi) is 5.82. The maximum atomic E-state index is 13.2. The highest BCUT2D eigenvalue weighted by atomic mass is 16.5. The van der Waals surface area contributed by atoms with Crippen molar-refractivity contribution in [3.63, 3.8) is 0 Å². The van der Waals surface area contributed by atoms with Crippen LogP contribution in [-0.2, 0) is 0 Å². The zero-order chi connectivity index (χ0) is 23.0. The molecule has 0 saturated carbocycles. The van der Waals surface area contributed by atoms with Crippen molar-refractivity contribution in [2.24, 2.45) is 0 Å². The summed E-state index contributed by atoms with van der Waals surface area (Å²) in [5.74, 6) is 1.50. The minimum absolute atomic E-state index is 0.0752. The molecule has 1 aliphatic heterocycles. The number of amides is 1. The monoisotopic (exact) mass is 440 g/mol. The lowest BCUT2D eigenvalue weighted by molar-refractivity contribution is 0.0711. The number of hydrogen-bond acceptors (Lipinski definition) is 6. The van der Waals surface area contributed by atoms with E-state index in [1.807, 2.05) is 17.9 Å². The molecule has 170 valence electrons. The van der Waals surface area contributed by atoms with E-state index >= 15 is 0 Å². The number of fused-ring (bicyclic) bond motifs is 1. The summed E-state index contributed by atoms with van der Waals surface area (Å²) < 4.78 is 17.6. The molecule has 1 saturated heterocycles. The molecule has 9 nitrogen and oxygen atoms in total. The lowest BCUT2D eigenvalue weighted by atomic mass is 9.93. The molecule has 3 heterocycles. The average Bonchev–Trinajstić information content (AvgIpc) is 3.25. The van der Waals surface area contributed by atoms with Gasteiger partial charge in [0.2, 0.25) is 5.75 Å². The molecule has 0 aliphatic carbocycles. The van der Waals surface area contributed by atoms with Crippen LogP contribution in [0.1, 0.15) is 46.1 Å². The molecule has 4 rings (SSSR count). The van der Waals surface area contributed by atoms with Crippen molar-refractivity contribution in [1.29, 1.82) is 0 Å². The third-order valence-corrected chi connectivity index (χ3v) is 6.24. The molecule has 0 spiro atoms. The molecule has 3 aromatic rings. The highest BCUT2D eigenvalue weighted by Crippen LogP contribution is 2.39. The number of ether oxygens (including phenoxy) is 3. The van der Waals surface area contributed by atoms with Crippen LogP contribution in [0.3, 0.4) is 0 Å². The van der Waals surface area contributed by atoms with Crippen molar-refractivity contribution in [2.75, 3.05) is 34.4 Å². The number of piperidine rings is 1. The summed E-state index contributed by atoms with van der Waals surface area (Å²) in [7, 11) is 4.59. The van der Waals surface area contributed by atoms with Gasteiger partial charge in [-0.1, -0.05) is 0 Å². The first-order valence-electron chi connectivity index (χ1n) is 10.6. The minimum atomic E-state index is -0.0801. The SMILES string of the molecule is COc1cc(C(=O)N2CCC(c3cc4nc(C)c(C)c(=O)n4[nH]3)CC2)cc(OC)c1OC. The van der Waals surface area contributed by atoms with Crippen LogP contribution < -0.4 is 19.8 Å². The summed E-state index contributed by atoms with van der Waals surface area (Å²) in [6.07, 6.45) is 1.57. The van der Waals surface area contributed by atoms with Gasteiger partial charge in [0.25, 0.3) is 11.5 Å². The number of rotatable bonds is 5. The van der Waals surface area contributed by atoms with Crippen LogP contribution in [0.15, 0.2) is 23.0 Å². The van der Waals surface area contributed by atoms with Gasteiger partial charge in [0.1, 0.15) is 0 Å². The third kappa shape index (κ3) is 3.68. The van der Waals surface area contributed by atoms with Gasteiger partial charge in [-0.15, -0.1) is 0 Å². The Morgan fingerprint density at radius 1 is 1.03 bits per heavy atom. The Morgan fingerprint density at radius 2 is 1.66 bits per heavy atom. The second-order valence-corrected chi connectivity index (χ2v) is 8.01. The van der Waals surface area contributed by atoms with Crippen LogP contribution in [0.25, 0.3) is 5.65 Å². The number of methoxy groups -OCH3 is 3.